The van der Waals surface area contributed by atoms with E-state index in [9.17, 15) is 0 Å². The van der Waals surface area contributed by atoms with Crippen molar-refractivity contribution in [2.75, 3.05) is 13.1 Å². The highest BCUT2D eigenvalue weighted by molar-refractivity contribution is 5.79. The lowest BCUT2D eigenvalue weighted by molar-refractivity contribution is 0.665. The fraction of sp³-hybridized carbons (Fsp3) is 0.556. The molecule has 0 saturated carbocycles. The van der Waals surface area contributed by atoms with Crippen LogP contribution in [-0.2, 0) is 6.54 Å². The topological polar surface area (TPSA) is 49.3 Å². The molecule has 1 aliphatic carbocycles. The average molecular weight is 300 g/mol. The maximum Gasteiger partial charge on any atom is 0.191 e. The smallest absolute Gasteiger partial charge is 0.191 e. The van der Waals surface area contributed by atoms with Gasteiger partial charge in [0.15, 0.2) is 5.96 Å². The fourth-order valence-corrected chi connectivity index (χ4v) is 2.65. The number of rotatable bonds is 6. The molecule has 0 bridgehead atoms. The van der Waals surface area contributed by atoms with Gasteiger partial charge in [0.25, 0.3) is 0 Å². The van der Waals surface area contributed by atoms with Crippen molar-refractivity contribution in [3.8, 4) is 0 Å². The predicted molar refractivity (Wildman–Crippen MR) is 93.0 cm³/mol. The van der Waals surface area contributed by atoms with Crippen molar-refractivity contribution in [3.63, 3.8) is 0 Å². The van der Waals surface area contributed by atoms with Crippen molar-refractivity contribution in [1.82, 2.24) is 15.6 Å². The van der Waals surface area contributed by atoms with E-state index in [1.165, 1.54) is 31.2 Å². The highest BCUT2D eigenvalue weighted by Gasteiger charge is 2.04. The summed E-state index contributed by atoms with van der Waals surface area (Å²) >= 11 is 0. The van der Waals surface area contributed by atoms with Crippen molar-refractivity contribution >= 4 is 5.96 Å². The quantitative estimate of drug-likeness (QED) is 0.481. The van der Waals surface area contributed by atoms with Gasteiger partial charge in [0.05, 0.1) is 12.2 Å². The Hall–Kier alpha value is -1.84. The van der Waals surface area contributed by atoms with Crippen molar-refractivity contribution in [2.45, 2.75) is 52.5 Å². The molecule has 0 amide bonds. The Morgan fingerprint density at radius 3 is 2.95 bits per heavy atom. The number of aromatic nitrogens is 1. The van der Waals surface area contributed by atoms with E-state index in [4.69, 9.17) is 0 Å². The van der Waals surface area contributed by atoms with E-state index in [1.807, 2.05) is 12.3 Å². The van der Waals surface area contributed by atoms with Gasteiger partial charge in [0.1, 0.15) is 0 Å². The zero-order valence-corrected chi connectivity index (χ0v) is 13.9. The van der Waals surface area contributed by atoms with Gasteiger partial charge < -0.3 is 10.6 Å². The Kier molecular flexibility index (Phi) is 6.94. The Morgan fingerprint density at radius 1 is 1.32 bits per heavy atom. The molecular formula is C18H28N4. The summed E-state index contributed by atoms with van der Waals surface area (Å²) in [5.74, 6) is 0.879. The van der Waals surface area contributed by atoms with Crippen LogP contribution in [-0.4, -0.2) is 24.0 Å². The zero-order chi connectivity index (χ0) is 15.6. The Morgan fingerprint density at radius 2 is 2.23 bits per heavy atom. The van der Waals surface area contributed by atoms with E-state index in [0.29, 0.717) is 6.54 Å². The van der Waals surface area contributed by atoms with Gasteiger partial charge in [-0.15, -0.1) is 0 Å². The number of guanidine groups is 1. The first-order valence-corrected chi connectivity index (χ1v) is 8.40. The van der Waals surface area contributed by atoms with Crippen LogP contribution in [0.1, 0.15) is 50.3 Å². The Balaban J connectivity index is 1.84. The van der Waals surface area contributed by atoms with Crippen LogP contribution in [0.5, 0.6) is 0 Å². The highest BCUT2D eigenvalue weighted by Crippen LogP contribution is 2.19. The van der Waals surface area contributed by atoms with Crippen molar-refractivity contribution in [1.29, 1.82) is 0 Å². The predicted octanol–water partition coefficient (Wildman–Crippen LogP) is 3.34. The van der Waals surface area contributed by atoms with E-state index in [-0.39, 0.29) is 0 Å². The van der Waals surface area contributed by atoms with Gasteiger partial charge in [-0.3, -0.25) is 4.98 Å². The number of pyridine rings is 1. The molecular weight excluding hydrogens is 272 g/mol. The molecule has 0 unspecified atom stereocenters. The van der Waals surface area contributed by atoms with E-state index in [0.717, 1.165) is 31.2 Å². The molecule has 0 aliphatic heterocycles. The second-order valence-electron chi connectivity index (χ2n) is 5.75. The summed E-state index contributed by atoms with van der Waals surface area (Å²) < 4.78 is 0. The molecule has 120 valence electrons. The zero-order valence-electron chi connectivity index (χ0n) is 13.9. The van der Waals surface area contributed by atoms with Gasteiger partial charge in [-0.05, 0) is 57.6 Å². The molecule has 4 heteroatoms. The molecule has 0 aromatic carbocycles. The van der Waals surface area contributed by atoms with Crippen LogP contribution in [0.2, 0.25) is 0 Å². The Bertz CT molecular complexity index is 520. The Labute approximate surface area is 134 Å². The molecule has 0 radical (unpaired) electrons. The van der Waals surface area contributed by atoms with Gasteiger partial charge in [-0.2, -0.15) is 0 Å². The van der Waals surface area contributed by atoms with Gasteiger partial charge in [0, 0.05) is 19.3 Å². The maximum atomic E-state index is 4.64. The molecule has 1 heterocycles. The molecule has 1 aliphatic rings. The average Bonchev–Trinajstić information content (AvgIpc) is 2.55. The summed E-state index contributed by atoms with van der Waals surface area (Å²) in [5.41, 5.74) is 3.82. The lowest BCUT2D eigenvalue weighted by atomic mass is 9.97. The summed E-state index contributed by atoms with van der Waals surface area (Å²) in [4.78, 5) is 9.03. The molecule has 2 N–H and O–H groups in total. The number of allylic oxidation sites excluding steroid dienone is 1. The molecule has 4 nitrogen and oxygen atoms in total. The molecule has 1 aromatic heterocycles. The first-order chi connectivity index (χ1) is 10.8. The first-order valence-electron chi connectivity index (χ1n) is 8.40. The molecule has 0 atom stereocenters. The number of hydrogen-bond donors (Lipinski definition) is 2. The minimum absolute atomic E-state index is 0.616. The third-order valence-corrected chi connectivity index (χ3v) is 3.97. The van der Waals surface area contributed by atoms with Crippen LogP contribution >= 0.6 is 0 Å². The summed E-state index contributed by atoms with van der Waals surface area (Å²) in [6, 6.07) is 4.04. The first kappa shape index (κ1) is 16.5. The minimum Gasteiger partial charge on any atom is -0.357 e. The minimum atomic E-state index is 0.616. The molecule has 22 heavy (non-hydrogen) atoms. The van der Waals surface area contributed by atoms with E-state index >= 15 is 0 Å². The maximum absolute atomic E-state index is 4.64. The van der Waals surface area contributed by atoms with Crippen LogP contribution in [0.4, 0.5) is 0 Å². The van der Waals surface area contributed by atoms with Crippen LogP contribution in [0.3, 0.4) is 0 Å². The van der Waals surface area contributed by atoms with Crippen molar-refractivity contribution in [3.05, 3.63) is 41.2 Å². The van der Waals surface area contributed by atoms with Crippen LogP contribution in [0, 0.1) is 6.92 Å². The van der Waals surface area contributed by atoms with Gasteiger partial charge >= 0.3 is 0 Å². The van der Waals surface area contributed by atoms with Crippen LogP contribution < -0.4 is 10.6 Å². The van der Waals surface area contributed by atoms with E-state index < -0.39 is 0 Å². The van der Waals surface area contributed by atoms with Crippen LogP contribution in [0.25, 0.3) is 0 Å². The number of hydrogen-bond acceptors (Lipinski definition) is 2. The summed E-state index contributed by atoms with van der Waals surface area (Å²) in [6.07, 6.45) is 10.6. The van der Waals surface area contributed by atoms with Crippen molar-refractivity contribution < 1.29 is 0 Å². The van der Waals surface area contributed by atoms with Gasteiger partial charge in [-0.25, -0.2) is 4.99 Å². The van der Waals surface area contributed by atoms with Gasteiger partial charge in [-0.1, -0.05) is 17.7 Å². The highest BCUT2D eigenvalue weighted by atomic mass is 15.2. The normalized spacial score (nSPS) is 15.4. The number of nitrogens with zero attached hydrogens (tertiary/aromatic N) is 2. The lowest BCUT2D eigenvalue weighted by Crippen LogP contribution is -2.37. The third kappa shape index (κ3) is 5.51. The van der Waals surface area contributed by atoms with Crippen LogP contribution in [0.15, 0.2) is 35.0 Å². The largest absolute Gasteiger partial charge is 0.357 e. The van der Waals surface area contributed by atoms with Crippen molar-refractivity contribution in [2.24, 2.45) is 4.99 Å². The molecule has 2 rings (SSSR count). The summed E-state index contributed by atoms with van der Waals surface area (Å²) in [6.45, 7) is 6.60. The third-order valence-electron chi connectivity index (χ3n) is 3.97. The second kappa shape index (κ2) is 9.23. The fourth-order valence-electron chi connectivity index (χ4n) is 2.65. The molecule has 0 saturated heterocycles. The molecule has 0 spiro atoms. The lowest BCUT2D eigenvalue weighted by Gasteiger charge is -2.15. The van der Waals surface area contributed by atoms with Gasteiger partial charge in [0.2, 0.25) is 0 Å². The molecule has 1 aromatic rings. The van der Waals surface area contributed by atoms with E-state index in [1.54, 1.807) is 5.57 Å². The summed E-state index contributed by atoms with van der Waals surface area (Å²) in [5, 5.41) is 6.73. The monoisotopic (exact) mass is 300 g/mol. The number of aryl methyl sites for hydroxylation is 1. The second-order valence-corrected chi connectivity index (χ2v) is 5.75. The SMILES string of the molecule is CCNC(=NCc1ncccc1C)NCCC1=CCCCC1. The standard InChI is InChI=1S/C18H28N4/c1-3-19-18(21-13-11-16-9-5-4-6-10-16)22-14-17-15(2)8-7-12-20-17/h7-9,12H,3-6,10-11,13-14H2,1-2H3,(H2,19,21,22). The number of nitrogens with one attached hydrogen (secondary N) is 2. The number of aliphatic imine (C=N–C) groups is 1. The molecule has 0 fully saturated rings. The van der Waals surface area contributed by atoms with E-state index in [2.05, 4.69) is 46.6 Å². The summed E-state index contributed by atoms with van der Waals surface area (Å²) in [7, 11) is 0.